The standard InChI is InChI=1S/C22H28BN5O.CH5N.Y/c1-4-23-11-13-27(3)19-6-5-12-28(15-19)21-14-24-20(16-29)22(26-21)25-18-9-7-17(2)8-10-18;1-2;/h4,7-10,14,16,19H,1-2,5-6,11-13,15H2,3H3,(H,25,26);2H2,1H3;/q-1;;. The molecule has 0 saturated carbocycles. The van der Waals surface area contributed by atoms with Gasteiger partial charge in [-0.25, -0.2) is 9.97 Å². The van der Waals surface area contributed by atoms with Gasteiger partial charge in [-0.05, 0) is 33.5 Å². The molecule has 2 aromatic rings. The summed E-state index contributed by atoms with van der Waals surface area (Å²) in [6, 6.07) is 8.12. The summed E-state index contributed by atoms with van der Waals surface area (Å²) in [7, 11) is 5.77. The quantitative estimate of drug-likeness (QED) is 0.233. The Balaban J connectivity index is 0.00000166. The third-order valence-electron chi connectivity index (χ3n) is 5.28. The normalized spacial score (nSPS) is 15.1. The first-order valence-corrected chi connectivity index (χ1v) is 10.6. The molecule has 0 spiro atoms. The molecule has 2 radical (unpaired) electrons. The van der Waals surface area contributed by atoms with Crippen LogP contribution in [-0.2, 0) is 32.7 Å². The molecule has 1 saturated heterocycles. The second-order valence-electron chi connectivity index (χ2n) is 7.38. The van der Waals surface area contributed by atoms with Crippen LogP contribution in [0.3, 0.4) is 0 Å². The van der Waals surface area contributed by atoms with Crippen LogP contribution in [0.4, 0.5) is 17.3 Å². The van der Waals surface area contributed by atoms with Gasteiger partial charge in [-0.2, -0.15) is 24.6 Å². The monoisotopic (exact) mass is 509 g/mol. The molecular formula is C23H33BN6OY-. The fraction of sp³-hybridized carbons (Fsp3) is 0.391. The topological polar surface area (TPSA) is 87.4 Å². The van der Waals surface area contributed by atoms with Gasteiger partial charge in [-0.1, -0.05) is 18.5 Å². The molecule has 1 aromatic carbocycles. The van der Waals surface area contributed by atoms with E-state index in [4.69, 9.17) is 4.98 Å². The zero-order valence-electron chi connectivity index (χ0n) is 19.2. The van der Waals surface area contributed by atoms with Crippen molar-refractivity contribution in [3.63, 3.8) is 0 Å². The van der Waals surface area contributed by atoms with Crippen molar-refractivity contribution in [3.05, 3.63) is 61.2 Å². The molecule has 3 rings (SSSR count). The van der Waals surface area contributed by atoms with Crippen LogP contribution in [0.15, 0.2) is 43.0 Å². The third-order valence-corrected chi connectivity index (χ3v) is 5.28. The molecule has 0 bridgehead atoms. The number of anilines is 3. The van der Waals surface area contributed by atoms with Crippen molar-refractivity contribution in [2.45, 2.75) is 25.2 Å². The van der Waals surface area contributed by atoms with Crippen LogP contribution in [-0.4, -0.2) is 68.2 Å². The van der Waals surface area contributed by atoms with Gasteiger partial charge in [0.25, 0.3) is 0 Å². The van der Waals surface area contributed by atoms with E-state index in [0.717, 1.165) is 55.7 Å². The molecule has 0 aliphatic carbocycles. The Hall–Kier alpha value is -1.73. The number of nitrogens with one attached hydrogen (secondary N) is 1. The second-order valence-corrected chi connectivity index (χ2v) is 7.38. The average Bonchev–Trinajstić information content (AvgIpc) is 2.82. The molecule has 7 nitrogen and oxygen atoms in total. The number of aromatic nitrogens is 2. The number of aldehydes is 1. The first-order valence-electron chi connectivity index (χ1n) is 10.6. The van der Waals surface area contributed by atoms with E-state index in [9.17, 15) is 4.79 Å². The van der Waals surface area contributed by atoms with Crippen LogP contribution in [0, 0.1) is 6.92 Å². The van der Waals surface area contributed by atoms with Crippen molar-refractivity contribution in [2.24, 2.45) is 5.73 Å². The maximum atomic E-state index is 11.4. The zero-order valence-corrected chi connectivity index (χ0v) is 22.0. The summed E-state index contributed by atoms with van der Waals surface area (Å²) in [5.74, 6) is 3.12. The van der Waals surface area contributed by atoms with Crippen molar-refractivity contribution in [2.75, 3.05) is 43.9 Å². The Morgan fingerprint density at radius 1 is 1.38 bits per heavy atom. The Morgan fingerprint density at radius 2 is 2.09 bits per heavy atom. The summed E-state index contributed by atoms with van der Waals surface area (Å²) in [4.78, 5) is 25.2. The summed E-state index contributed by atoms with van der Waals surface area (Å²) < 4.78 is 0. The number of rotatable bonds is 9. The first kappa shape index (κ1) is 28.3. The molecule has 0 amide bonds. The number of carbonyl (C=O) groups is 1. The van der Waals surface area contributed by atoms with Gasteiger partial charge in [0, 0.05) is 57.5 Å². The minimum Gasteiger partial charge on any atom is -0.354 e. The predicted molar refractivity (Wildman–Crippen MR) is 130 cm³/mol. The summed E-state index contributed by atoms with van der Waals surface area (Å²) >= 11 is 0. The average molecular weight is 509 g/mol. The number of benzene rings is 1. The molecule has 1 unspecified atom stereocenters. The van der Waals surface area contributed by atoms with Crippen molar-refractivity contribution in [3.8, 4) is 0 Å². The van der Waals surface area contributed by atoms with Crippen LogP contribution >= 0.6 is 0 Å². The first-order chi connectivity index (χ1) is 15.1. The van der Waals surface area contributed by atoms with Gasteiger partial charge in [0.1, 0.15) is 18.8 Å². The molecular weight excluding hydrogens is 476 g/mol. The minimum atomic E-state index is 0. The van der Waals surface area contributed by atoms with Crippen molar-refractivity contribution >= 4 is 30.9 Å². The van der Waals surface area contributed by atoms with Gasteiger partial charge in [0.15, 0.2) is 12.1 Å². The number of likely N-dealkylation sites (N-methyl/N-ethyl adjacent to an activating group) is 1. The molecule has 3 N–H and O–H groups in total. The fourth-order valence-corrected chi connectivity index (χ4v) is 3.55. The van der Waals surface area contributed by atoms with Crippen LogP contribution in [0.25, 0.3) is 0 Å². The largest absolute Gasteiger partial charge is 0.354 e. The number of hydrogen-bond donors (Lipinski definition) is 2. The third kappa shape index (κ3) is 8.32. The molecule has 1 fully saturated rings. The number of hydrogen-bond acceptors (Lipinski definition) is 7. The van der Waals surface area contributed by atoms with E-state index in [1.54, 1.807) is 6.20 Å². The van der Waals surface area contributed by atoms with Gasteiger partial charge >= 0.3 is 0 Å². The number of nitrogens with two attached hydrogens (primary N) is 1. The number of carbonyl (C=O) groups excluding carboxylic acids is 1. The predicted octanol–water partition coefficient (Wildman–Crippen LogP) is 2.95. The van der Waals surface area contributed by atoms with Crippen molar-refractivity contribution in [1.82, 2.24) is 14.9 Å². The van der Waals surface area contributed by atoms with Crippen LogP contribution in [0.2, 0.25) is 6.32 Å². The molecule has 32 heavy (non-hydrogen) atoms. The summed E-state index contributed by atoms with van der Waals surface area (Å²) in [6.45, 7) is 10.5. The van der Waals surface area contributed by atoms with E-state index in [0.29, 0.717) is 17.6 Å². The molecule has 1 aromatic heterocycles. The molecule has 1 aliphatic rings. The number of nitrogens with zero attached hydrogens (tertiary/aromatic N) is 4. The van der Waals surface area contributed by atoms with E-state index in [1.807, 2.05) is 30.2 Å². The van der Waals surface area contributed by atoms with Crippen molar-refractivity contribution < 1.29 is 37.5 Å². The Morgan fingerprint density at radius 3 is 2.75 bits per heavy atom. The smallest absolute Gasteiger partial charge is 0.172 e. The van der Waals surface area contributed by atoms with Gasteiger partial charge in [0.05, 0.1) is 6.20 Å². The Bertz CT molecular complexity index is 836. The molecule has 9 heteroatoms. The van der Waals surface area contributed by atoms with Crippen LogP contribution < -0.4 is 16.0 Å². The summed E-state index contributed by atoms with van der Waals surface area (Å²) in [5, 5.41) is 3.22. The molecule has 1 aliphatic heterocycles. The van der Waals surface area contributed by atoms with Gasteiger partial charge in [0.2, 0.25) is 0 Å². The second kappa shape index (κ2) is 15.2. The van der Waals surface area contributed by atoms with E-state index in [1.165, 1.54) is 13.5 Å². The van der Waals surface area contributed by atoms with E-state index < -0.39 is 0 Å². The van der Waals surface area contributed by atoms with E-state index in [-0.39, 0.29) is 32.7 Å². The Kier molecular flexibility index (Phi) is 13.4. The maximum Gasteiger partial charge on any atom is 0.172 e. The molecule has 2 heterocycles. The van der Waals surface area contributed by atoms with Gasteiger partial charge in [-0.15, -0.1) is 12.6 Å². The number of piperidine rings is 1. The maximum absolute atomic E-state index is 11.4. The van der Waals surface area contributed by atoms with E-state index >= 15 is 0 Å². The molecule has 168 valence electrons. The molecule has 1 atom stereocenters. The van der Waals surface area contributed by atoms with Gasteiger partial charge in [-0.3, -0.25) is 4.79 Å². The fourth-order valence-electron chi connectivity index (χ4n) is 3.55. The summed E-state index contributed by atoms with van der Waals surface area (Å²) in [6.07, 6.45) is 5.71. The van der Waals surface area contributed by atoms with Crippen LogP contribution in [0.1, 0.15) is 28.9 Å². The summed E-state index contributed by atoms with van der Waals surface area (Å²) in [5.41, 5.74) is 6.58. The van der Waals surface area contributed by atoms with E-state index in [2.05, 4.69) is 53.7 Å². The van der Waals surface area contributed by atoms with Crippen LogP contribution in [0.5, 0.6) is 0 Å². The SMILES string of the molecule is C=C[B]CCN(C)C1CCCN(c2cnc(C=O)c(Nc3ccc([CH2-])cc3)n2)C1.CN.[Y]. The minimum absolute atomic E-state index is 0. The van der Waals surface area contributed by atoms with Gasteiger partial charge < -0.3 is 20.9 Å². The zero-order chi connectivity index (χ0) is 22.6. The Labute approximate surface area is 218 Å². The van der Waals surface area contributed by atoms with Crippen molar-refractivity contribution in [1.29, 1.82) is 0 Å².